The summed E-state index contributed by atoms with van der Waals surface area (Å²) in [6, 6.07) is 15.0. The minimum atomic E-state index is 0.581. The Labute approximate surface area is 149 Å². The summed E-state index contributed by atoms with van der Waals surface area (Å²) in [5.74, 6) is 1.21. The molecule has 0 unspecified atom stereocenters. The molecule has 0 aliphatic carbocycles. The summed E-state index contributed by atoms with van der Waals surface area (Å²) >= 11 is 0. The zero-order valence-corrected chi connectivity index (χ0v) is 14.9. The van der Waals surface area contributed by atoms with Crippen LogP contribution in [0.1, 0.15) is 49.3 Å². The Kier molecular flexibility index (Phi) is 4.79. The molecule has 1 fully saturated rings. The van der Waals surface area contributed by atoms with Crippen LogP contribution in [0.25, 0.3) is 11.0 Å². The number of fused-ring (bicyclic) bond motifs is 1. The summed E-state index contributed by atoms with van der Waals surface area (Å²) in [5.41, 5.74) is 3.57. The van der Waals surface area contributed by atoms with Crippen molar-refractivity contribution in [1.29, 1.82) is 0 Å². The Morgan fingerprint density at radius 3 is 2.72 bits per heavy atom. The molecule has 0 spiro atoms. The van der Waals surface area contributed by atoms with Crippen molar-refractivity contribution in [2.75, 3.05) is 19.6 Å². The molecule has 25 heavy (non-hydrogen) atoms. The Hall–Kier alpha value is -2.20. The average Bonchev–Trinajstić information content (AvgIpc) is 3.11. The predicted octanol–water partition coefficient (Wildman–Crippen LogP) is 4.33. The van der Waals surface area contributed by atoms with E-state index in [4.69, 9.17) is 0 Å². The number of H-pyrrole nitrogens is 1. The standard InChI is InChI=1S/C21H26N4/c1-16(17-6-3-2-4-7-17)9-13-25-14-10-18(11-15-25)20-19-8-5-12-22-21(19)24-23-20/h2-8,12,16,18H,9-11,13-15H2,1H3,(H,22,23,24)/t16-/m1/s1. The average molecular weight is 334 g/mol. The molecule has 1 aliphatic heterocycles. The summed E-state index contributed by atoms with van der Waals surface area (Å²) in [6.07, 6.45) is 5.44. The SMILES string of the molecule is C[C@H](CCN1CCC(c2[nH]nc3ncccc23)CC1)c1ccccc1. The van der Waals surface area contributed by atoms with E-state index in [1.807, 2.05) is 12.3 Å². The highest BCUT2D eigenvalue weighted by Gasteiger charge is 2.24. The van der Waals surface area contributed by atoms with Gasteiger partial charge < -0.3 is 4.90 Å². The van der Waals surface area contributed by atoms with Gasteiger partial charge in [0.25, 0.3) is 0 Å². The van der Waals surface area contributed by atoms with Crippen molar-refractivity contribution in [3.63, 3.8) is 0 Å². The van der Waals surface area contributed by atoms with Crippen molar-refractivity contribution in [3.05, 3.63) is 59.9 Å². The van der Waals surface area contributed by atoms with E-state index >= 15 is 0 Å². The third-order valence-electron chi connectivity index (χ3n) is 5.60. The van der Waals surface area contributed by atoms with Gasteiger partial charge in [0.1, 0.15) is 0 Å². The van der Waals surface area contributed by atoms with E-state index in [0.29, 0.717) is 11.8 Å². The van der Waals surface area contributed by atoms with Crippen LogP contribution in [-0.4, -0.2) is 39.7 Å². The lowest BCUT2D eigenvalue weighted by molar-refractivity contribution is 0.205. The van der Waals surface area contributed by atoms with Crippen molar-refractivity contribution in [1.82, 2.24) is 20.1 Å². The molecule has 4 nitrogen and oxygen atoms in total. The van der Waals surface area contributed by atoms with Gasteiger partial charge in [-0.3, -0.25) is 5.10 Å². The molecule has 130 valence electrons. The quantitative estimate of drug-likeness (QED) is 0.755. The smallest absolute Gasteiger partial charge is 0.181 e. The minimum absolute atomic E-state index is 0.581. The van der Waals surface area contributed by atoms with Gasteiger partial charge in [-0.2, -0.15) is 5.10 Å². The summed E-state index contributed by atoms with van der Waals surface area (Å²) in [4.78, 5) is 6.95. The van der Waals surface area contributed by atoms with Crippen molar-refractivity contribution in [2.45, 2.75) is 38.0 Å². The van der Waals surface area contributed by atoms with Crippen molar-refractivity contribution >= 4 is 11.0 Å². The van der Waals surface area contributed by atoms with Crippen LogP contribution < -0.4 is 0 Å². The molecule has 1 aliphatic rings. The van der Waals surface area contributed by atoms with E-state index in [1.165, 1.54) is 55.5 Å². The number of pyridine rings is 1. The fourth-order valence-electron chi connectivity index (χ4n) is 3.95. The second kappa shape index (κ2) is 7.36. The molecule has 0 saturated carbocycles. The van der Waals surface area contributed by atoms with Gasteiger partial charge in [-0.1, -0.05) is 37.3 Å². The third kappa shape index (κ3) is 3.59. The molecule has 3 heterocycles. The van der Waals surface area contributed by atoms with E-state index in [0.717, 1.165) is 5.65 Å². The lowest BCUT2D eigenvalue weighted by Crippen LogP contribution is -2.34. The lowest BCUT2D eigenvalue weighted by Gasteiger charge is -2.32. The second-order valence-electron chi connectivity index (χ2n) is 7.23. The van der Waals surface area contributed by atoms with Gasteiger partial charge in [-0.05, 0) is 62.5 Å². The van der Waals surface area contributed by atoms with Gasteiger partial charge in [-0.25, -0.2) is 4.98 Å². The van der Waals surface area contributed by atoms with E-state index in [1.54, 1.807) is 0 Å². The highest BCUT2D eigenvalue weighted by atomic mass is 15.2. The fraction of sp³-hybridized carbons (Fsp3) is 0.429. The van der Waals surface area contributed by atoms with E-state index in [9.17, 15) is 0 Å². The molecule has 0 bridgehead atoms. The number of nitrogens with zero attached hydrogens (tertiary/aromatic N) is 3. The van der Waals surface area contributed by atoms with Crippen LogP contribution in [0, 0.1) is 0 Å². The molecular weight excluding hydrogens is 308 g/mol. The van der Waals surface area contributed by atoms with Gasteiger partial charge in [0.05, 0.1) is 0 Å². The molecule has 2 aromatic heterocycles. The molecule has 4 rings (SSSR count). The Morgan fingerprint density at radius 2 is 1.92 bits per heavy atom. The van der Waals surface area contributed by atoms with E-state index in [-0.39, 0.29) is 0 Å². The maximum Gasteiger partial charge on any atom is 0.181 e. The van der Waals surface area contributed by atoms with Gasteiger partial charge in [0.2, 0.25) is 0 Å². The van der Waals surface area contributed by atoms with Crippen LogP contribution in [-0.2, 0) is 0 Å². The molecular formula is C21H26N4. The van der Waals surface area contributed by atoms with Gasteiger partial charge >= 0.3 is 0 Å². The summed E-state index contributed by atoms with van der Waals surface area (Å²) in [5, 5.41) is 8.79. The summed E-state index contributed by atoms with van der Waals surface area (Å²) in [6.45, 7) is 5.87. The second-order valence-corrected chi connectivity index (χ2v) is 7.23. The molecule has 1 N–H and O–H groups in total. The third-order valence-corrected chi connectivity index (χ3v) is 5.60. The molecule has 0 radical (unpaired) electrons. The van der Waals surface area contributed by atoms with E-state index in [2.05, 4.69) is 63.4 Å². The van der Waals surface area contributed by atoms with Gasteiger partial charge in [-0.15, -0.1) is 0 Å². The van der Waals surface area contributed by atoms with Crippen LogP contribution in [0.5, 0.6) is 0 Å². The normalized spacial score (nSPS) is 17.8. The van der Waals surface area contributed by atoms with Crippen LogP contribution in [0.4, 0.5) is 0 Å². The van der Waals surface area contributed by atoms with Crippen LogP contribution in [0.3, 0.4) is 0 Å². The van der Waals surface area contributed by atoms with Crippen LogP contribution in [0.15, 0.2) is 48.7 Å². The summed E-state index contributed by atoms with van der Waals surface area (Å²) in [7, 11) is 0. The van der Waals surface area contributed by atoms with Gasteiger partial charge in [0.15, 0.2) is 5.65 Å². The molecule has 1 aromatic carbocycles. The largest absolute Gasteiger partial charge is 0.303 e. The number of likely N-dealkylation sites (tertiary alicyclic amines) is 1. The Bertz CT molecular complexity index is 803. The molecule has 0 amide bonds. The van der Waals surface area contributed by atoms with E-state index < -0.39 is 0 Å². The monoisotopic (exact) mass is 334 g/mol. The first-order valence-electron chi connectivity index (χ1n) is 9.37. The maximum absolute atomic E-state index is 4.36. The summed E-state index contributed by atoms with van der Waals surface area (Å²) < 4.78 is 0. The van der Waals surface area contributed by atoms with Crippen molar-refractivity contribution in [3.8, 4) is 0 Å². The molecule has 3 aromatic rings. The first-order valence-corrected chi connectivity index (χ1v) is 9.37. The number of aromatic amines is 1. The van der Waals surface area contributed by atoms with Crippen molar-refractivity contribution < 1.29 is 0 Å². The fourth-order valence-corrected chi connectivity index (χ4v) is 3.95. The van der Waals surface area contributed by atoms with Crippen LogP contribution >= 0.6 is 0 Å². The highest BCUT2D eigenvalue weighted by Crippen LogP contribution is 2.31. The lowest BCUT2D eigenvalue weighted by atomic mass is 9.91. The number of benzene rings is 1. The Morgan fingerprint density at radius 1 is 1.12 bits per heavy atom. The zero-order valence-electron chi connectivity index (χ0n) is 14.9. The van der Waals surface area contributed by atoms with Crippen LogP contribution in [0.2, 0.25) is 0 Å². The molecule has 4 heteroatoms. The number of hydrogen-bond acceptors (Lipinski definition) is 3. The maximum atomic E-state index is 4.36. The Balaban J connectivity index is 1.31. The first kappa shape index (κ1) is 16.3. The molecule has 1 saturated heterocycles. The minimum Gasteiger partial charge on any atom is -0.303 e. The molecule has 1 atom stereocenters. The highest BCUT2D eigenvalue weighted by molar-refractivity contribution is 5.77. The zero-order chi connectivity index (χ0) is 17.1. The predicted molar refractivity (Wildman–Crippen MR) is 102 cm³/mol. The number of nitrogens with one attached hydrogen (secondary N) is 1. The number of hydrogen-bond donors (Lipinski definition) is 1. The number of piperidine rings is 1. The first-order chi connectivity index (χ1) is 12.3. The topological polar surface area (TPSA) is 44.8 Å². The number of rotatable bonds is 5. The van der Waals surface area contributed by atoms with Crippen molar-refractivity contribution in [2.24, 2.45) is 0 Å². The van der Waals surface area contributed by atoms with Gasteiger partial charge in [0, 0.05) is 23.2 Å². The number of aromatic nitrogens is 3.